The van der Waals surface area contributed by atoms with Crippen molar-refractivity contribution in [3.63, 3.8) is 0 Å². The summed E-state index contributed by atoms with van der Waals surface area (Å²) in [5.41, 5.74) is 3.38. The number of hydrogen-bond acceptors (Lipinski definition) is 4. The molecular weight excluding hydrogens is 314 g/mol. The van der Waals surface area contributed by atoms with Gasteiger partial charge in [-0.1, -0.05) is 24.8 Å². The fraction of sp³-hybridized carbons (Fsp3) is 0.333. The first-order chi connectivity index (χ1) is 12.2. The molecule has 0 amide bonds. The van der Waals surface area contributed by atoms with Crippen LogP contribution in [0.1, 0.15) is 24.5 Å². The Morgan fingerprint density at radius 3 is 2.60 bits per heavy atom. The quantitative estimate of drug-likeness (QED) is 0.771. The lowest BCUT2D eigenvalue weighted by molar-refractivity contribution is 0.297. The van der Waals surface area contributed by atoms with Gasteiger partial charge in [-0.05, 0) is 47.9 Å². The summed E-state index contributed by atoms with van der Waals surface area (Å²) in [5, 5.41) is 3.46. The fourth-order valence-corrected chi connectivity index (χ4v) is 2.62. The predicted molar refractivity (Wildman–Crippen MR) is 99.3 cm³/mol. The lowest BCUT2D eigenvalue weighted by Crippen LogP contribution is -2.13. The van der Waals surface area contributed by atoms with E-state index in [-0.39, 0.29) is 0 Å². The van der Waals surface area contributed by atoms with Gasteiger partial charge in [-0.15, -0.1) is 0 Å². The Kier molecular flexibility index (Phi) is 5.96. The maximum atomic E-state index is 5.74. The van der Waals surface area contributed by atoms with E-state index in [1.54, 1.807) is 0 Å². The number of rotatable bonds is 7. The van der Waals surface area contributed by atoms with E-state index in [0.29, 0.717) is 19.8 Å². The van der Waals surface area contributed by atoms with Gasteiger partial charge in [0.15, 0.2) is 11.5 Å². The zero-order chi connectivity index (χ0) is 17.5. The minimum absolute atomic E-state index is 0.550. The molecule has 2 aromatic carbocycles. The van der Waals surface area contributed by atoms with E-state index in [9.17, 15) is 0 Å². The standard InChI is InChI=1S/C21H25NO3/c1-16(2)15-25-19-6-3-5-17(11-19)13-22-14-18-7-8-20-21(12-18)24-10-4-9-23-20/h3,5-8,11-12,22H,1,4,9-10,13-15H2,2H3. The number of fused-ring (bicyclic) bond motifs is 1. The van der Waals surface area contributed by atoms with Gasteiger partial charge in [-0.3, -0.25) is 0 Å². The summed E-state index contributed by atoms with van der Waals surface area (Å²) in [6.45, 7) is 9.34. The van der Waals surface area contributed by atoms with Crippen molar-refractivity contribution in [3.05, 3.63) is 65.7 Å². The average molecular weight is 339 g/mol. The molecule has 0 bridgehead atoms. The second-order valence-electron chi connectivity index (χ2n) is 6.33. The largest absolute Gasteiger partial charge is 0.490 e. The minimum atomic E-state index is 0.550. The van der Waals surface area contributed by atoms with Crippen LogP contribution in [-0.2, 0) is 13.1 Å². The molecule has 0 radical (unpaired) electrons. The fourth-order valence-electron chi connectivity index (χ4n) is 2.62. The highest BCUT2D eigenvalue weighted by atomic mass is 16.5. The summed E-state index contributed by atoms with van der Waals surface area (Å²) in [6.07, 6.45) is 0.923. The van der Waals surface area contributed by atoms with Crippen LogP contribution in [0.3, 0.4) is 0 Å². The lowest BCUT2D eigenvalue weighted by Gasteiger charge is -2.11. The molecular formula is C21H25NO3. The molecule has 1 heterocycles. The number of hydrogen-bond donors (Lipinski definition) is 1. The van der Waals surface area contributed by atoms with Gasteiger partial charge in [0, 0.05) is 19.5 Å². The first-order valence-electron chi connectivity index (χ1n) is 8.66. The Balaban J connectivity index is 1.53. The summed E-state index contributed by atoms with van der Waals surface area (Å²) in [6, 6.07) is 14.3. The highest BCUT2D eigenvalue weighted by molar-refractivity contribution is 5.43. The third-order valence-electron chi connectivity index (χ3n) is 3.85. The average Bonchev–Trinajstić information content (AvgIpc) is 2.85. The van der Waals surface area contributed by atoms with E-state index in [2.05, 4.69) is 36.2 Å². The van der Waals surface area contributed by atoms with Gasteiger partial charge in [0.1, 0.15) is 12.4 Å². The van der Waals surface area contributed by atoms with Crippen LogP contribution < -0.4 is 19.5 Å². The van der Waals surface area contributed by atoms with Gasteiger partial charge in [-0.25, -0.2) is 0 Å². The highest BCUT2D eigenvalue weighted by Gasteiger charge is 2.10. The molecule has 132 valence electrons. The van der Waals surface area contributed by atoms with Crippen molar-refractivity contribution in [1.82, 2.24) is 5.32 Å². The van der Waals surface area contributed by atoms with Crippen LogP contribution in [0.25, 0.3) is 0 Å². The summed E-state index contributed by atoms with van der Waals surface area (Å²) in [7, 11) is 0. The minimum Gasteiger partial charge on any atom is -0.490 e. The molecule has 0 aliphatic carbocycles. The predicted octanol–water partition coefficient (Wildman–Crippen LogP) is 4.09. The van der Waals surface area contributed by atoms with Crippen LogP contribution in [0.15, 0.2) is 54.6 Å². The SMILES string of the molecule is C=C(C)COc1cccc(CNCc2ccc3c(c2)OCCCO3)c1. The van der Waals surface area contributed by atoms with Crippen LogP contribution >= 0.6 is 0 Å². The molecule has 0 saturated carbocycles. The molecule has 4 heteroatoms. The van der Waals surface area contributed by atoms with Crippen molar-refractivity contribution in [2.75, 3.05) is 19.8 Å². The van der Waals surface area contributed by atoms with E-state index in [1.807, 2.05) is 25.1 Å². The van der Waals surface area contributed by atoms with Gasteiger partial charge in [0.05, 0.1) is 13.2 Å². The van der Waals surface area contributed by atoms with Crippen molar-refractivity contribution in [1.29, 1.82) is 0 Å². The molecule has 0 unspecified atom stereocenters. The van der Waals surface area contributed by atoms with Crippen LogP contribution in [0.2, 0.25) is 0 Å². The van der Waals surface area contributed by atoms with Gasteiger partial charge in [-0.2, -0.15) is 0 Å². The summed E-state index contributed by atoms with van der Waals surface area (Å²) in [4.78, 5) is 0. The van der Waals surface area contributed by atoms with Crippen molar-refractivity contribution in [2.24, 2.45) is 0 Å². The smallest absolute Gasteiger partial charge is 0.161 e. The number of ether oxygens (including phenoxy) is 3. The molecule has 3 rings (SSSR count). The molecule has 25 heavy (non-hydrogen) atoms. The summed E-state index contributed by atoms with van der Waals surface area (Å²) < 4.78 is 17.1. The van der Waals surface area contributed by atoms with Gasteiger partial charge in [0.25, 0.3) is 0 Å². The number of benzene rings is 2. The van der Waals surface area contributed by atoms with E-state index in [0.717, 1.165) is 42.3 Å². The maximum Gasteiger partial charge on any atom is 0.161 e. The highest BCUT2D eigenvalue weighted by Crippen LogP contribution is 2.30. The monoisotopic (exact) mass is 339 g/mol. The molecule has 2 aromatic rings. The van der Waals surface area contributed by atoms with Crippen molar-refractivity contribution in [2.45, 2.75) is 26.4 Å². The van der Waals surface area contributed by atoms with E-state index >= 15 is 0 Å². The Morgan fingerprint density at radius 1 is 1.04 bits per heavy atom. The molecule has 0 aromatic heterocycles. The van der Waals surface area contributed by atoms with Crippen molar-refractivity contribution in [3.8, 4) is 17.2 Å². The van der Waals surface area contributed by atoms with Crippen LogP contribution in [0, 0.1) is 0 Å². The Hall–Kier alpha value is -2.46. The number of nitrogens with one attached hydrogen (secondary N) is 1. The van der Waals surface area contributed by atoms with Gasteiger partial charge in [0.2, 0.25) is 0 Å². The molecule has 1 aliphatic rings. The van der Waals surface area contributed by atoms with Crippen LogP contribution in [0.5, 0.6) is 17.2 Å². The van der Waals surface area contributed by atoms with Gasteiger partial charge < -0.3 is 19.5 Å². The molecule has 1 N–H and O–H groups in total. The third kappa shape index (κ3) is 5.26. The Labute approximate surface area is 149 Å². The summed E-state index contributed by atoms with van der Waals surface area (Å²) >= 11 is 0. The Bertz CT molecular complexity index is 727. The molecule has 1 aliphatic heterocycles. The zero-order valence-corrected chi connectivity index (χ0v) is 14.7. The molecule has 0 saturated heterocycles. The first kappa shape index (κ1) is 17.4. The van der Waals surface area contributed by atoms with E-state index < -0.39 is 0 Å². The van der Waals surface area contributed by atoms with Crippen LogP contribution in [0.4, 0.5) is 0 Å². The first-order valence-corrected chi connectivity index (χ1v) is 8.66. The zero-order valence-electron chi connectivity index (χ0n) is 14.7. The Morgan fingerprint density at radius 2 is 1.80 bits per heavy atom. The third-order valence-corrected chi connectivity index (χ3v) is 3.85. The van der Waals surface area contributed by atoms with E-state index in [1.165, 1.54) is 11.1 Å². The van der Waals surface area contributed by atoms with Crippen LogP contribution in [-0.4, -0.2) is 19.8 Å². The van der Waals surface area contributed by atoms with Crippen molar-refractivity contribution >= 4 is 0 Å². The molecule has 0 fully saturated rings. The topological polar surface area (TPSA) is 39.7 Å². The molecule has 0 spiro atoms. The second-order valence-corrected chi connectivity index (χ2v) is 6.33. The second kappa shape index (κ2) is 8.58. The maximum absolute atomic E-state index is 5.74. The molecule has 4 nitrogen and oxygen atoms in total. The van der Waals surface area contributed by atoms with Gasteiger partial charge >= 0.3 is 0 Å². The van der Waals surface area contributed by atoms with E-state index in [4.69, 9.17) is 14.2 Å². The normalized spacial score (nSPS) is 13.2. The summed E-state index contributed by atoms with van der Waals surface area (Å²) in [5.74, 6) is 2.55. The van der Waals surface area contributed by atoms with Crippen molar-refractivity contribution < 1.29 is 14.2 Å². The lowest BCUT2D eigenvalue weighted by atomic mass is 10.1. The molecule has 0 atom stereocenters.